The average molecular weight is 357 g/mol. The highest BCUT2D eigenvalue weighted by Gasteiger charge is 2.05. The molecule has 0 atom stereocenters. The molecule has 2 aromatic carbocycles. The molecule has 0 saturated heterocycles. The van der Waals surface area contributed by atoms with Crippen LogP contribution in [0.15, 0.2) is 40.9 Å². The van der Waals surface area contributed by atoms with Crippen molar-refractivity contribution in [2.75, 3.05) is 0 Å². The first kappa shape index (κ1) is 14.2. The SMILES string of the molecule is N#Cc1cc(Br)ccc1COc1ccc(Cl)c(Cl)c1. The van der Waals surface area contributed by atoms with Gasteiger partial charge in [-0.1, -0.05) is 45.2 Å². The van der Waals surface area contributed by atoms with Crippen LogP contribution in [-0.2, 0) is 6.61 Å². The molecule has 0 unspecified atom stereocenters. The summed E-state index contributed by atoms with van der Waals surface area (Å²) >= 11 is 15.1. The van der Waals surface area contributed by atoms with E-state index in [0.717, 1.165) is 10.0 Å². The normalized spacial score (nSPS) is 10.0. The summed E-state index contributed by atoms with van der Waals surface area (Å²) in [4.78, 5) is 0. The van der Waals surface area contributed by atoms with Crippen molar-refractivity contribution in [2.24, 2.45) is 0 Å². The molecule has 0 fully saturated rings. The Balaban J connectivity index is 2.14. The molecule has 0 heterocycles. The van der Waals surface area contributed by atoms with Crippen molar-refractivity contribution < 1.29 is 4.74 Å². The Hall–Kier alpha value is -1.21. The van der Waals surface area contributed by atoms with Crippen LogP contribution in [0.4, 0.5) is 0 Å². The Labute approximate surface area is 129 Å². The summed E-state index contributed by atoms with van der Waals surface area (Å²) in [5.74, 6) is 0.612. The van der Waals surface area contributed by atoms with E-state index in [0.29, 0.717) is 28.0 Å². The Morgan fingerprint density at radius 1 is 1.11 bits per heavy atom. The number of benzene rings is 2. The van der Waals surface area contributed by atoms with Crippen molar-refractivity contribution >= 4 is 39.1 Å². The zero-order chi connectivity index (χ0) is 13.8. The van der Waals surface area contributed by atoms with E-state index in [-0.39, 0.29) is 0 Å². The van der Waals surface area contributed by atoms with Gasteiger partial charge in [-0.05, 0) is 24.3 Å². The highest BCUT2D eigenvalue weighted by atomic mass is 79.9. The van der Waals surface area contributed by atoms with Crippen molar-refractivity contribution in [1.82, 2.24) is 0 Å². The lowest BCUT2D eigenvalue weighted by Crippen LogP contribution is -1.98. The second kappa shape index (κ2) is 6.29. The fourth-order valence-corrected chi connectivity index (χ4v) is 2.16. The topological polar surface area (TPSA) is 33.0 Å². The van der Waals surface area contributed by atoms with E-state index in [1.807, 2.05) is 12.1 Å². The van der Waals surface area contributed by atoms with E-state index in [2.05, 4.69) is 22.0 Å². The van der Waals surface area contributed by atoms with Crippen LogP contribution < -0.4 is 4.74 Å². The quantitative estimate of drug-likeness (QED) is 0.756. The lowest BCUT2D eigenvalue weighted by molar-refractivity contribution is 0.306. The first-order valence-electron chi connectivity index (χ1n) is 5.36. The van der Waals surface area contributed by atoms with Crippen molar-refractivity contribution in [2.45, 2.75) is 6.61 Å². The molecule has 0 aliphatic heterocycles. The van der Waals surface area contributed by atoms with Crippen molar-refractivity contribution in [3.05, 3.63) is 62.0 Å². The minimum atomic E-state index is 0.300. The number of nitriles is 1. The molecule has 2 rings (SSSR count). The monoisotopic (exact) mass is 355 g/mol. The molecule has 0 saturated carbocycles. The van der Waals surface area contributed by atoms with E-state index in [9.17, 15) is 0 Å². The molecular weight excluding hydrogens is 349 g/mol. The first-order valence-corrected chi connectivity index (χ1v) is 6.91. The number of halogens is 3. The van der Waals surface area contributed by atoms with Crippen molar-refractivity contribution in [3.63, 3.8) is 0 Å². The Kier molecular flexibility index (Phi) is 4.71. The summed E-state index contributed by atoms with van der Waals surface area (Å²) in [6.07, 6.45) is 0. The molecule has 0 N–H and O–H groups in total. The minimum Gasteiger partial charge on any atom is -0.489 e. The van der Waals surface area contributed by atoms with E-state index >= 15 is 0 Å². The maximum atomic E-state index is 9.06. The van der Waals surface area contributed by atoms with Gasteiger partial charge in [0.05, 0.1) is 21.7 Å². The van der Waals surface area contributed by atoms with E-state index < -0.39 is 0 Å². The number of hydrogen-bond acceptors (Lipinski definition) is 2. The average Bonchev–Trinajstić information content (AvgIpc) is 2.41. The molecule has 2 aromatic rings. The fourth-order valence-electron chi connectivity index (χ4n) is 1.51. The number of ether oxygens (including phenoxy) is 1. The van der Waals surface area contributed by atoms with Crippen molar-refractivity contribution in [1.29, 1.82) is 5.26 Å². The molecule has 0 spiro atoms. The Morgan fingerprint density at radius 3 is 2.58 bits per heavy atom. The van der Waals surface area contributed by atoms with Gasteiger partial charge in [-0.2, -0.15) is 5.26 Å². The van der Waals surface area contributed by atoms with Gasteiger partial charge in [0.15, 0.2) is 0 Å². The Morgan fingerprint density at radius 2 is 1.89 bits per heavy atom. The van der Waals surface area contributed by atoms with Gasteiger partial charge in [-0.15, -0.1) is 0 Å². The smallest absolute Gasteiger partial charge is 0.121 e. The number of hydrogen-bond donors (Lipinski definition) is 0. The van der Waals surface area contributed by atoms with Gasteiger partial charge in [-0.25, -0.2) is 0 Å². The van der Waals surface area contributed by atoms with Crippen LogP contribution in [0.5, 0.6) is 5.75 Å². The highest BCUT2D eigenvalue weighted by Crippen LogP contribution is 2.27. The fraction of sp³-hybridized carbons (Fsp3) is 0.0714. The molecule has 0 aliphatic carbocycles. The zero-order valence-corrected chi connectivity index (χ0v) is 12.8. The third-order valence-electron chi connectivity index (χ3n) is 2.48. The molecule has 2 nitrogen and oxygen atoms in total. The van der Waals surface area contributed by atoms with Crippen LogP contribution in [0.1, 0.15) is 11.1 Å². The van der Waals surface area contributed by atoms with E-state index in [1.165, 1.54) is 0 Å². The standard InChI is InChI=1S/C14H8BrCl2NO/c15-11-2-1-9(10(5-11)7-18)8-19-12-3-4-13(16)14(17)6-12/h1-6H,8H2. The number of rotatable bonds is 3. The molecule has 5 heteroatoms. The van der Waals surface area contributed by atoms with Crippen LogP contribution >= 0.6 is 39.1 Å². The molecule has 0 amide bonds. The van der Waals surface area contributed by atoms with Gasteiger partial charge in [0.2, 0.25) is 0 Å². The van der Waals surface area contributed by atoms with Gasteiger partial charge >= 0.3 is 0 Å². The van der Waals surface area contributed by atoms with Gasteiger partial charge in [0.1, 0.15) is 12.4 Å². The third kappa shape index (κ3) is 3.63. The van der Waals surface area contributed by atoms with Crippen molar-refractivity contribution in [3.8, 4) is 11.8 Å². The summed E-state index contributed by atoms with van der Waals surface area (Å²) in [7, 11) is 0. The van der Waals surface area contributed by atoms with Crippen LogP contribution in [0, 0.1) is 11.3 Å². The van der Waals surface area contributed by atoms with Crippen LogP contribution in [0.25, 0.3) is 0 Å². The predicted molar refractivity (Wildman–Crippen MR) is 79.7 cm³/mol. The Bertz CT molecular complexity index is 652. The summed E-state index contributed by atoms with van der Waals surface area (Å²) in [6.45, 7) is 0.300. The minimum absolute atomic E-state index is 0.300. The molecular formula is C14H8BrCl2NO. The maximum absolute atomic E-state index is 9.06. The number of nitrogens with zero attached hydrogens (tertiary/aromatic N) is 1. The van der Waals surface area contributed by atoms with Crippen LogP contribution in [-0.4, -0.2) is 0 Å². The molecule has 0 aliphatic rings. The summed E-state index contributed by atoms with van der Waals surface area (Å²) in [6, 6.07) is 12.7. The lowest BCUT2D eigenvalue weighted by atomic mass is 10.1. The van der Waals surface area contributed by atoms with Crippen LogP contribution in [0.2, 0.25) is 10.0 Å². The van der Waals surface area contributed by atoms with Gasteiger partial charge in [0, 0.05) is 16.1 Å². The second-order valence-electron chi connectivity index (χ2n) is 3.78. The first-order chi connectivity index (χ1) is 9.10. The predicted octanol–water partition coefficient (Wildman–Crippen LogP) is 5.21. The maximum Gasteiger partial charge on any atom is 0.121 e. The van der Waals surface area contributed by atoms with Gasteiger partial charge in [-0.3, -0.25) is 0 Å². The molecule has 19 heavy (non-hydrogen) atoms. The van der Waals surface area contributed by atoms with E-state index in [4.69, 9.17) is 33.2 Å². The van der Waals surface area contributed by atoms with E-state index in [1.54, 1.807) is 24.3 Å². The summed E-state index contributed by atoms with van der Waals surface area (Å²) < 4.78 is 6.46. The van der Waals surface area contributed by atoms with Gasteiger partial charge < -0.3 is 4.74 Å². The molecule has 0 radical (unpaired) electrons. The van der Waals surface area contributed by atoms with Gasteiger partial charge in [0.25, 0.3) is 0 Å². The molecule has 96 valence electrons. The summed E-state index contributed by atoms with van der Waals surface area (Å²) in [5.41, 5.74) is 1.39. The second-order valence-corrected chi connectivity index (χ2v) is 5.51. The third-order valence-corrected chi connectivity index (χ3v) is 3.71. The molecule has 0 aromatic heterocycles. The zero-order valence-electron chi connectivity index (χ0n) is 9.66. The lowest BCUT2D eigenvalue weighted by Gasteiger charge is -2.08. The molecule has 0 bridgehead atoms. The van der Waals surface area contributed by atoms with Crippen LogP contribution in [0.3, 0.4) is 0 Å². The summed E-state index contributed by atoms with van der Waals surface area (Å²) in [5, 5.41) is 9.98. The highest BCUT2D eigenvalue weighted by molar-refractivity contribution is 9.10. The largest absolute Gasteiger partial charge is 0.489 e.